The number of esters is 2. The van der Waals surface area contributed by atoms with Gasteiger partial charge in [-0.3, -0.25) is 14.6 Å². The normalized spacial score (nSPS) is 21.4. The average molecular weight is 728 g/mol. The van der Waals surface area contributed by atoms with Crippen molar-refractivity contribution in [1.82, 2.24) is 15.6 Å². The molecule has 2 aromatic heterocycles. The molecule has 0 saturated heterocycles. The minimum atomic E-state index is -1.48. The molecule has 15 nitrogen and oxygen atoms in total. The fourth-order valence-electron chi connectivity index (χ4n) is 6.36. The van der Waals surface area contributed by atoms with Crippen molar-refractivity contribution >= 4 is 24.1 Å². The number of nitrogens with one attached hydrogen (secondary N) is 2. The number of fused-ring (bicyclic) bond motifs is 2. The number of amides is 2. The smallest absolute Gasteiger partial charge is 0.407 e. The van der Waals surface area contributed by atoms with E-state index in [0.29, 0.717) is 5.56 Å². The summed E-state index contributed by atoms with van der Waals surface area (Å²) in [6.45, 7) is 0.488. The van der Waals surface area contributed by atoms with Crippen LogP contribution in [-0.4, -0.2) is 65.1 Å². The second-order valence-corrected chi connectivity index (χ2v) is 12.6. The van der Waals surface area contributed by atoms with E-state index in [9.17, 15) is 29.1 Å². The zero-order valence-electron chi connectivity index (χ0n) is 28.6. The number of aliphatic hydroxyl groups excluding tert-OH is 1. The summed E-state index contributed by atoms with van der Waals surface area (Å²) in [6.07, 6.45) is -2.33. The number of aliphatic hydroxyl groups is 1. The van der Waals surface area contributed by atoms with Crippen LogP contribution in [0.25, 0.3) is 11.3 Å². The molecule has 3 N–H and O–H groups in total. The molecule has 276 valence electrons. The number of pyridine rings is 1. The van der Waals surface area contributed by atoms with Crippen LogP contribution in [0.5, 0.6) is 5.75 Å². The third-order valence-electron chi connectivity index (χ3n) is 9.02. The topological polar surface area (TPSA) is 202 Å². The van der Waals surface area contributed by atoms with E-state index in [2.05, 4.69) is 15.6 Å². The van der Waals surface area contributed by atoms with Crippen molar-refractivity contribution in [2.75, 3.05) is 13.1 Å². The Hall–Kier alpha value is -6.22. The van der Waals surface area contributed by atoms with Crippen LogP contribution in [0.15, 0.2) is 100 Å². The van der Waals surface area contributed by atoms with Gasteiger partial charge in [0.05, 0.1) is 6.10 Å². The Morgan fingerprint density at radius 1 is 0.849 bits per heavy atom. The van der Waals surface area contributed by atoms with Crippen LogP contribution in [0.2, 0.25) is 0 Å². The van der Waals surface area contributed by atoms with E-state index in [1.165, 1.54) is 12.3 Å². The van der Waals surface area contributed by atoms with Crippen LogP contribution >= 0.6 is 0 Å². The van der Waals surface area contributed by atoms with Crippen LogP contribution < -0.4 is 21.0 Å². The zero-order chi connectivity index (χ0) is 37.4. The van der Waals surface area contributed by atoms with Crippen molar-refractivity contribution in [3.8, 4) is 17.1 Å². The number of hydrogen-bond acceptors (Lipinski definition) is 13. The van der Waals surface area contributed by atoms with E-state index in [0.717, 1.165) is 11.1 Å². The lowest BCUT2D eigenvalue weighted by molar-refractivity contribution is -0.204. The van der Waals surface area contributed by atoms with Gasteiger partial charge in [-0.15, -0.1) is 0 Å². The average Bonchev–Trinajstić information content (AvgIpc) is 3.16. The van der Waals surface area contributed by atoms with E-state index in [-0.39, 0.29) is 43.1 Å². The zero-order valence-corrected chi connectivity index (χ0v) is 28.6. The van der Waals surface area contributed by atoms with Crippen LogP contribution in [0.3, 0.4) is 0 Å². The first-order valence-electron chi connectivity index (χ1n) is 16.8. The number of carbonyl (C=O) groups excluding carboxylic acids is 4. The lowest BCUT2D eigenvalue weighted by Crippen LogP contribution is -2.62. The van der Waals surface area contributed by atoms with Gasteiger partial charge in [-0.25, -0.2) is 14.4 Å². The van der Waals surface area contributed by atoms with Crippen LogP contribution in [-0.2, 0) is 41.8 Å². The number of aromatic nitrogens is 1. The Kier molecular flexibility index (Phi) is 11.3. The summed E-state index contributed by atoms with van der Waals surface area (Å²) >= 11 is 0. The quantitative estimate of drug-likeness (QED) is 0.148. The van der Waals surface area contributed by atoms with Gasteiger partial charge >= 0.3 is 29.8 Å². The van der Waals surface area contributed by atoms with Gasteiger partial charge in [-0.1, -0.05) is 60.7 Å². The molecule has 1 aliphatic heterocycles. The van der Waals surface area contributed by atoms with Gasteiger partial charge < -0.3 is 43.8 Å². The second-order valence-electron chi connectivity index (χ2n) is 12.6. The predicted octanol–water partition coefficient (Wildman–Crippen LogP) is 3.97. The van der Waals surface area contributed by atoms with Crippen LogP contribution in [0.4, 0.5) is 9.59 Å². The molecule has 1 fully saturated rings. The third-order valence-corrected chi connectivity index (χ3v) is 9.02. The van der Waals surface area contributed by atoms with E-state index in [1.807, 2.05) is 12.1 Å². The fraction of sp³-hybridized carbons (Fsp3) is 0.316. The molecular formula is C38H37N3O12. The van der Waals surface area contributed by atoms with Gasteiger partial charge in [-0.05, 0) is 36.6 Å². The first-order valence-corrected chi connectivity index (χ1v) is 16.8. The van der Waals surface area contributed by atoms with E-state index >= 15 is 0 Å². The number of alkyl carbamates (subject to hydrolysis) is 2. The van der Waals surface area contributed by atoms with E-state index in [4.69, 9.17) is 28.1 Å². The van der Waals surface area contributed by atoms with Gasteiger partial charge in [0.15, 0.2) is 0 Å². The maximum Gasteiger partial charge on any atom is 0.407 e. The highest BCUT2D eigenvalue weighted by atomic mass is 16.6. The predicted molar refractivity (Wildman–Crippen MR) is 184 cm³/mol. The third kappa shape index (κ3) is 8.99. The lowest BCUT2D eigenvalue weighted by Gasteiger charge is -2.52. The standard InChI is InChI=1S/C38H37N3O12/c1-38-27(34(44)33-29(53-38)17-28(51-35(33)45)25-13-8-14-39-18-25)15-26(50-31(42)19-40-36(46)48-21-23-9-4-2-5-10-23)16-30(38)52-32(43)20-41-37(47)49-22-24-11-6-3-7-12-24/h2-14,17-18,26-27,30,34,44H,15-16,19-22H2,1H3,(H,40,46)(H,41,47)/t26-,27?,30-,34?,38-/m1/s1. The maximum absolute atomic E-state index is 13.2. The Balaban J connectivity index is 1.15. The summed E-state index contributed by atoms with van der Waals surface area (Å²) in [4.78, 5) is 67.9. The van der Waals surface area contributed by atoms with Gasteiger partial charge in [-0.2, -0.15) is 0 Å². The molecule has 3 heterocycles. The first kappa shape index (κ1) is 36.6. The molecule has 53 heavy (non-hydrogen) atoms. The van der Waals surface area contributed by atoms with E-state index < -0.39 is 72.7 Å². The number of nitrogens with zero attached hydrogens (tertiary/aromatic N) is 1. The number of carbonyl (C=O) groups is 4. The van der Waals surface area contributed by atoms with E-state index in [1.54, 1.807) is 73.8 Å². The lowest BCUT2D eigenvalue weighted by atomic mass is 9.67. The monoisotopic (exact) mass is 727 g/mol. The summed E-state index contributed by atoms with van der Waals surface area (Å²) in [7, 11) is 0. The summed E-state index contributed by atoms with van der Waals surface area (Å²) in [5, 5.41) is 16.3. The van der Waals surface area contributed by atoms with Gasteiger partial charge in [0.2, 0.25) is 0 Å². The summed E-state index contributed by atoms with van der Waals surface area (Å²) in [6, 6.07) is 22.7. The number of ether oxygens (including phenoxy) is 5. The highest BCUT2D eigenvalue weighted by Crippen LogP contribution is 2.51. The fourth-order valence-corrected chi connectivity index (χ4v) is 6.36. The number of benzene rings is 2. The Bertz CT molecular complexity index is 1970. The minimum Gasteiger partial charge on any atom is -0.482 e. The second kappa shape index (κ2) is 16.4. The molecule has 0 spiro atoms. The molecule has 0 radical (unpaired) electrons. The summed E-state index contributed by atoms with van der Waals surface area (Å²) in [5.41, 5.74) is -0.451. The SMILES string of the molecule is C[C@@]12Oc3cc(-c4cccnc4)oc(=O)c3C(O)C1C[C@@H](OC(=O)CNC(=O)OCc1ccccc1)C[C@H]2OC(=O)CNC(=O)OCc1ccccc1. The Morgan fingerprint density at radius 2 is 1.45 bits per heavy atom. The molecule has 0 bridgehead atoms. The molecule has 5 atom stereocenters. The highest BCUT2D eigenvalue weighted by Gasteiger charge is 2.58. The molecule has 2 aromatic carbocycles. The summed E-state index contributed by atoms with van der Waals surface area (Å²) in [5.74, 6) is -2.48. The molecule has 2 aliphatic rings. The minimum absolute atomic E-state index is 0.00561. The van der Waals surface area contributed by atoms with Crippen molar-refractivity contribution in [1.29, 1.82) is 0 Å². The maximum atomic E-state index is 13.2. The van der Waals surface area contributed by atoms with Crippen molar-refractivity contribution in [3.63, 3.8) is 0 Å². The first-order chi connectivity index (χ1) is 25.6. The van der Waals surface area contributed by atoms with Gasteiger partial charge in [0.1, 0.15) is 61.2 Å². The Morgan fingerprint density at radius 3 is 2.04 bits per heavy atom. The molecule has 2 unspecified atom stereocenters. The molecule has 1 aliphatic carbocycles. The highest BCUT2D eigenvalue weighted by molar-refractivity contribution is 5.79. The molecule has 4 aromatic rings. The largest absolute Gasteiger partial charge is 0.482 e. The van der Waals surface area contributed by atoms with Crippen LogP contribution in [0.1, 0.15) is 42.6 Å². The van der Waals surface area contributed by atoms with Crippen LogP contribution in [0, 0.1) is 5.92 Å². The van der Waals surface area contributed by atoms with Gasteiger partial charge in [0, 0.05) is 36.4 Å². The number of rotatable bonds is 11. The van der Waals surface area contributed by atoms with Crippen molar-refractivity contribution in [3.05, 3.63) is 118 Å². The molecule has 2 amide bonds. The number of hydrogen-bond donors (Lipinski definition) is 3. The van der Waals surface area contributed by atoms with Crippen molar-refractivity contribution in [2.24, 2.45) is 5.92 Å². The van der Waals surface area contributed by atoms with Gasteiger partial charge in [0.25, 0.3) is 0 Å². The summed E-state index contributed by atoms with van der Waals surface area (Å²) < 4.78 is 33.7. The van der Waals surface area contributed by atoms with Crippen molar-refractivity contribution in [2.45, 2.75) is 56.9 Å². The molecular weight excluding hydrogens is 690 g/mol. The molecule has 15 heteroatoms. The van der Waals surface area contributed by atoms with Crippen molar-refractivity contribution < 1.29 is 52.4 Å². The molecule has 1 saturated carbocycles. The molecule has 6 rings (SSSR count). The Labute approximate surface area is 303 Å².